The summed E-state index contributed by atoms with van der Waals surface area (Å²) >= 11 is 7.14. The number of benzene rings is 3. The van der Waals surface area contributed by atoms with Crippen LogP contribution in [-0.4, -0.2) is 41.9 Å². The Labute approximate surface area is 227 Å². The Morgan fingerprint density at radius 2 is 1.84 bits per heavy atom. The fourth-order valence-corrected chi connectivity index (χ4v) is 4.50. The lowest BCUT2D eigenvalue weighted by molar-refractivity contribution is -0.384. The summed E-state index contributed by atoms with van der Waals surface area (Å²) < 4.78 is 10.5. The highest BCUT2D eigenvalue weighted by atomic mass is 35.5. The van der Waals surface area contributed by atoms with Crippen LogP contribution in [0.1, 0.15) is 5.56 Å². The summed E-state index contributed by atoms with van der Waals surface area (Å²) in [6.45, 7) is 0. The number of anilines is 2. The van der Waals surface area contributed by atoms with Crippen molar-refractivity contribution in [3.05, 3.63) is 93.1 Å². The quantitative estimate of drug-likeness (QED) is 0.226. The van der Waals surface area contributed by atoms with Crippen LogP contribution < -0.4 is 19.7 Å². The van der Waals surface area contributed by atoms with E-state index < -0.39 is 10.8 Å². The molecule has 0 saturated heterocycles. The molecule has 0 aliphatic carbocycles. The molecular formula is C26H21ClN4O6S. The maximum absolute atomic E-state index is 13.4. The molecule has 0 fully saturated rings. The first-order valence-corrected chi connectivity index (χ1v) is 12.4. The van der Waals surface area contributed by atoms with Gasteiger partial charge in [-0.3, -0.25) is 24.6 Å². The van der Waals surface area contributed by atoms with Crippen molar-refractivity contribution in [2.45, 2.75) is 0 Å². The third-order valence-electron chi connectivity index (χ3n) is 5.33. The number of non-ortho nitro benzene ring substituents is 1. The second-order valence-electron chi connectivity index (χ2n) is 7.80. The third kappa shape index (κ3) is 6.13. The highest BCUT2D eigenvalue weighted by molar-refractivity contribution is 8.14. The summed E-state index contributed by atoms with van der Waals surface area (Å²) in [6.07, 6.45) is 1.65. The van der Waals surface area contributed by atoms with E-state index in [1.165, 1.54) is 24.1 Å². The van der Waals surface area contributed by atoms with Crippen LogP contribution in [0.5, 0.6) is 11.5 Å². The topological polar surface area (TPSA) is 123 Å². The number of halogens is 1. The van der Waals surface area contributed by atoms with Crippen LogP contribution >= 0.6 is 23.4 Å². The number of nitrogens with one attached hydrogen (secondary N) is 1. The number of amidine groups is 1. The van der Waals surface area contributed by atoms with E-state index in [0.717, 1.165) is 23.4 Å². The first-order valence-electron chi connectivity index (χ1n) is 11.1. The molecule has 3 aromatic carbocycles. The van der Waals surface area contributed by atoms with E-state index in [1.54, 1.807) is 61.7 Å². The number of nitro benzene ring substituents is 1. The van der Waals surface area contributed by atoms with E-state index in [4.69, 9.17) is 21.1 Å². The SMILES string of the molecule is COc1ccc(C=C2N=C(SCC(=O)Nc3ccc([N+](=O)[O-])cc3Cl)N(c3cccc(OC)c3)C2=O)cc1. The molecule has 1 aliphatic rings. The Hall–Kier alpha value is -4.35. The Balaban J connectivity index is 1.57. The number of amides is 2. The van der Waals surface area contributed by atoms with Crippen LogP contribution in [0.4, 0.5) is 17.1 Å². The smallest absolute Gasteiger partial charge is 0.283 e. The number of ether oxygens (including phenoxy) is 2. The zero-order valence-corrected chi connectivity index (χ0v) is 21.8. The van der Waals surface area contributed by atoms with Crippen LogP contribution in [0, 0.1) is 10.1 Å². The molecule has 0 radical (unpaired) electrons. The van der Waals surface area contributed by atoms with Crippen molar-refractivity contribution in [3.8, 4) is 11.5 Å². The Morgan fingerprint density at radius 1 is 1.11 bits per heavy atom. The molecule has 4 rings (SSSR count). The van der Waals surface area contributed by atoms with Gasteiger partial charge in [-0.1, -0.05) is 41.6 Å². The maximum Gasteiger partial charge on any atom is 0.283 e. The van der Waals surface area contributed by atoms with E-state index >= 15 is 0 Å². The minimum Gasteiger partial charge on any atom is -0.497 e. The average molecular weight is 553 g/mol. The number of nitro groups is 1. The van der Waals surface area contributed by atoms with Gasteiger partial charge >= 0.3 is 0 Å². The van der Waals surface area contributed by atoms with E-state index in [-0.39, 0.29) is 33.8 Å². The zero-order chi connectivity index (χ0) is 27.2. The summed E-state index contributed by atoms with van der Waals surface area (Å²) in [5.41, 5.74) is 1.51. The lowest BCUT2D eigenvalue weighted by atomic mass is 10.2. The molecule has 194 valence electrons. The van der Waals surface area contributed by atoms with Crippen molar-refractivity contribution < 1.29 is 24.0 Å². The molecule has 0 unspecified atom stereocenters. The molecule has 2 amide bonds. The number of carbonyl (C=O) groups is 2. The number of rotatable bonds is 8. The van der Waals surface area contributed by atoms with Gasteiger partial charge in [0.15, 0.2) is 5.17 Å². The van der Waals surface area contributed by atoms with E-state index in [2.05, 4.69) is 10.3 Å². The first kappa shape index (κ1) is 26.7. The molecule has 0 saturated carbocycles. The normalized spacial score (nSPS) is 13.9. The molecule has 1 heterocycles. The Bertz CT molecular complexity index is 1460. The van der Waals surface area contributed by atoms with E-state index in [0.29, 0.717) is 22.4 Å². The molecule has 1 aliphatic heterocycles. The van der Waals surface area contributed by atoms with Crippen LogP contribution in [0.2, 0.25) is 5.02 Å². The zero-order valence-electron chi connectivity index (χ0n) is 20.2. The van der Waals surface area contributed by atoms with Crippen molar-refractivity contribution in [2.24, 2.45) is 4.99 Å². The van der Waals surface area contributed by atoms with Crippen molar-refractivity contribution in [1.29, 1.82) is 0 Å². The summed E-state index contributed by atoms with van der Waals surface area (Å²) in [6, 6.07) is 17.9. The van der Waals surface area contributed by atoms with Gasteiger partial charge in [-0.25, -0.2) is 4.99 Å². The molecular weight excluding hydrogens is 532 g/mol. The monoisotopic (exact) mass is 552 g/mol. The molecule has 1 N–H and O–H groups in total. The summed E-state index contributed by atoms with van der Waals surface area (Å²) in [7, 11) is 3.09. The minimum absolute atomic E-state index is 0.0358. The van der Waals surface area contributed by atoms with Crippen molar-refractivity contribution in [2.75, 3.05) is 30.2 Å². The van der Waals surface area contributed by atoms with Crippen LogP contribution in [-0.2, 0) is 9.59 Å². The Morgan fingerprint density at radius 3 is 2.50 bits per heavy atom. The van der Waals surface area contributed by atoms with Gasteiger partial charge in [0, 0.05) is 18.2 Å². The maximum atomic E-state index is 13.4. The van der Waals surface area contributed by atoms with E-state index in [1.807, 2.05) is 0 Å². The van der Waals surface area contributed by atoms with Gasteiger partial charge in [-0.15, -0.1) is 0 Å². The van der Waals surface area contributed by atoms with Gasteiger partial charge in [0.1, 0.15) is 17.2 Å². The lowest BCUT2D eigenvalue weighted by Gasteiger charge is -2.18. The van der Waals surface area contributed by atoms with Gasteiger partial charge in [0.2, 0.25) is 5.91 Å². The van der Waals surface area contributed by atoms with Gasteiger partial charge in [0.25, 0.3) is 11.6 Å². The predicted octanol–water partition coefficient (Wildman–Crippen LogP) is 5.38. The van der Waals surface area contributed by atoms with Crippen molar-refractivity contribution >= 4 is 63.5 Å². The number of thioether (sulfide) groups is 1. The number of hydrogen-bond donors (Lipinski definition) is 1. The molecule has 0 spiro atoms. The van der Waals surface area contributed by atoms with Crippen molar-refractivity contribution in [3.63, 3.8) is 0 Å². The number of nitrogens with zero attached hydrogens (tertiary/aromatic N) is 3. The summed E-state index contributed by atoms with van der Waals surface area (Å²) in [5.74, 6) is 0.337. The average Bonchev–Trinajstić information content (AvgIpc) is 3.23. The fourth-order valence-electron chi connectivity index (χ4n) is 3.46. The van der Waals surface area contributed by atoms with Crippen LogP contribution in [0.3, 0.4) is 0 Å². The predicted molar refractivity (Wildman–Crippen MR) is 148 cm³/mol. The van der Waals surface area contributed by atoms with Gasteiger partial charge in [-0.05, 0) is 42.0 Å². The molecule has 0 aromatic heterocycles. The van der Waals surface area contributed by atoms with Crippen molar-refractivity contribution in [1.82, 2.24) is 0 Å². The molecule has 12 heteroatoms. The highest BCUT2D eigenvalue weighted by Gasteiger charge is 2.32. The highest BCUT2D eigenvalue weighted by Crippen LogP contribution is 2.32. The second kappa shape index (κ2) is 11.8. The first-order chi connectivity index (χ1) is 18.3. The second-order valence-corrected chi connectivity index (χ2v) is 9.15. The molecule has 3 aromatic rings. The summed E-state index contributed by atoms with van der Waals surface area (Å²) in [4.78, 5) is 42.3. The lowest BCUT2D eigenvalue weighted by Crippen LogP contribution is -2.31. The largest absolute Gasteiger partial charge is 0.497 e. The third-order valence-corrected chi connectivity index (χ3v) is 6.58. The Kier molecular flexibility index (Phi) is 8.29. The minimum atomic E-state index is -0.577. The van der Waals surface area contributed by atoms with Gasteiger partial charge in [-0.2, -0.15) is 0 Å². The molecule has 10 nitrogen and oxygen atoms in total. The summed E-state index contributed by atoms with van der Waals surface area (Å²) in [5, 5.41) is 13.9. The number of carbonyl (C=O) groups excluding carboxylic acids is 2. The van der Waals surface area contributed by atoms with Gasteiger partial charge in [0.05, 0.1) is 41.3 Å². The van der Waals surface area contributed by atoms with Crippen LogP contribution in [0.15, 0.2) is 77.4 Å². The van der Waals surface area contributed by atoms with E-state index in [9.17, 15) is 19.7 Å². The van der Waals surface area contributed by atoms with Gasteiger partial charge < -0.3 is 14.8 Å². The number of methoxy groups -OCH3 is 2. The molecule has 0 bridgehead atoms. The number of aliphatic imine (C=N–C) groups is 1. The standard InChI is InChI=1S/C26H21ClN4O6S/c1-36-19-9-6-16(7-10-19)12-23-25(33)30(17-4-3-5-20(13-17)37-2)26(29-23)38-15-24(32)28-22-11-8-18(31(34)35)14-21(22)27/h3-14H,15H2,1-2H3,(H,28,32). The molecule has 38 heavy (non-hydrogen) atoms. The fraction of sp³-hybridized carbons (Fsp3) is 0.115. The number of hydrogen-bond acceptors (Lipinski definition) is 8. The molecule has 0 atom stereocenters. The van der Waals surface area contributed by atoms with Crippen LogP contribution in [0.25, 0.3) is 6.08 Å².